The topological polar surface area (TPSA) is 20.2 Å². The largest absolute Gasteiger partial charge is 0.355 e. The maximum atomic E-state index is 4.01. The van der Waals surface area contributed by atoms with E-state index in [-0.39, 0.29) is 5.41 Å². The highest BCUT2D eigenvalue weighted by Gasteiger charge is 2.31. The summed E-state index contributed by atoms with van der Waals surface area (Å²) in [6.45, 7) is 9.24. The first kappa shape index (κ1) is 38.4. The number of rotatable bonds is 10. The summed E-state index contributed by atoms with van der Waals surface area (Å²) in [6.07, 6.45) is 4.84. The van der Waals surface area contributed by atoms with Gasteiger partial charge in [-0.1, -0.05) is 143 Å². The Morgan fingerprint density at radius 1 is 0.629 bits per heavy atom. The van der Waals surface area contributed by atoms with Gasteiger partial charge in [0.2, 0.25) is 0 Å². The normalized spacial score (nSPS) is 12.3. The molecule has 0 fully saturated rings. The molecule has 11 rings (SSSR count). The van der Waals surface area contributed by atoms with Crippen LogP contribution in [0.15, 0.2) is 170 Å². The van der Waals surface area contributed by atoms with Crippen molar-refractivity contribution in [3.05, 3.63) is 181 Å². The van der Waals surface area contributed by atoms with Gasteiger partial charge in [0.1, 0.15) is 0 Å². The van der Waals surface area contributed by atoms with E-state index in [4.69, 9.17) is 0 Å². The second-order valence-electron chi connectivity index (χ2n) is 18.0. The molecule has 0 bridgehead atoms. The number of hydrogen-bond donors (Lipinski definition) is 1. The summed E-state index contributed by atoms with van der Waals surface area (Å²) in [5, 5.41) is 9.13. The number of nitrogens with one attached hydrogen (secondary N) is 1. The van der Waals surface area contributed by atoms with Crippen molar-refractivity contribution in [2.45, 2.75) is 58.8 Å². The Balaban J connectivity index is 1.24. The van der Waals surface area contributed by atoms with Crippen molar-refractivity contribution in [3.63, 3.8) is 0 Å². The van der Waals surface area contributed by atoms with Crippen molar-refractivity contribution in [1.82, 2.24) is 4.57 Å². The predicted molar refractivity (Wildman–Crippen MR) is 272 cm³/mol. The highest BCUT2D eigenvalue weighted by molar-refractivity contribution is 7.25. The van der Waals surface area contributed by atoms with E-state index in [0.717, 1.165) is 36.4 Å². The smallest absolute Gasteiger partial charge is 0.198 e. The lowest BCUT2D eigenvalue weighted by Gasteiger charge is -2.30. The van der Waals surface area contributed by atoms with Crippen molar-refractivity contribution in [2.24, 2.45) is 0 Å². The van der Waals surface area contributed by atoms with Crippen LogP contribution in [-0.2, 0) is 11.8 Å². The molecule has 0 radical (unpaired) electrons. The number of benzene rings is 8. The molecule has 1 aliphatic heterocycles. The molecule has 2 aromatic heterocycles. The molecule has 0 saturated carbocycles. The highest BCUT2D eigenvalue weighted by Crippen LogP contribution is 2.48. The van der Waals surface area contributed by atoms with Crippen molar-refractivity contribution in [2.75, 3.05) is 10.2 Å². The Labute approximate surface area is 369 Å². The minimum atomic E-state index is 0.0234. The number of fused-ring (bicyclic) bond motifs is 8. The van der Waals surface area contributed by atoms with Crippen LogP contribution in [0, 0.1) is 0 Å². The van der Waals surface area contributed by atoms with Gasteiger partial charge in [0.25, 0.3) is 0 Å². The van der Waals surface area contributed by atoms with E-state index >= 15 is 0 Å². The standard InChI is InChI=1S/C57H50BN3S/c1-5-6-9-18-37-27-30-39(31-28-37)59-48-36-53-45(42-23-15-17-26-52(42)62-53)34-44(48)46-35-51(60(40-19-10-7-11-20-40)41-21-12-8-13-22-41)54-43-24-14-16-25-49(43)61-50-32-29-38(57(2,3)4)33-47(50)58-55(46)56(54)61/h7-8,10-17,19-36,58-59H,5-6,9,18H2,1-4H3. The van der Waals surface area contributed by atoms with Crippen LogP contribution in [0.1, 0.15) is 58.1 Å². The number of para-hydroxylation sites is 3. The first-order valence-corrected chi connectivity index (χ1v) is 23.1. The molecule has 3 nitrogen and oxygen atoms in total. The zero-order valence-electron chi connectivity index (χ0n) is 36.0. The molecule has 1 aliphatic rings. The zero-order valence-corrected chi connectivity index (χ0v) is 36.8. The molecular weight excluding hydrogens is 770 g/mol. The Morgan fingerprint density at radius 2 is 1.32 bits per heavy atom. The Kier molecular flexibility index (Phi) is 9.54. The van der Waals surface area contributed by atoms with Gasteiger partial charge in [-0.25, -0.2) is 0 Å². The van der Waals surface area contributed by atoms with Crippen molar-refractivity contribution in [3.8, 4) is 16.8 Å². The summed E-state index contributed by atoms with van der Waals surface area (Å²) in [5.74, 6) is 0. The molecule has 10 aromatic rings. The van der Waals surface area contributed by atoms with Gasteiger partial charge in [-0.05, 0) is 113 Å². The van der Waals surface area contributed by atoms with E-state index in [9.17, 15) is 0 Å². The lowest BCUT2D eigenvalue weighted by Crippen LogP contribution is -2.38. The number of nitrogens with zero attached hydrogens (tertiary/aromatic N) is 2. The van der Waals surface area contributed by atoms with Gasteiger partial charge < -0.3 is 14.8 Å². The quantitative estimate of drug-likeness (QED) is 0.110. The van der Waals surface area contributed by atoms with Crippen LogP contribution >= 0.6 is 11.3 Å². The van der Waals surface area contributed by atoms with Crippen molar-refractivity contribution >= 4 is 100.0 Å². The molecule has 5 heteroatoms. The van der Waals surface area contributed by atoms with Crippen LogP contribution in [0.3, 0.4) is 0 Å². The van der Waals surface area contributed by atoms with Crippen LogP contribution in [-0.4, -0.2) is 11.8 Å². The molecule has 3 heterocycles. The van der Waals surface area contributed by atoms with Crippen LogP contribution in [0.25, 0.3) is 58.8 Å². The van der Waals surface area contributed by atoms with Gasteiger partial charge in [0.05, 0.1) is 16.7 Å². The second kappa shape index (κ2) is 15.4. The summed E-state index contributed by atoms with van der Waals surface area (Å²) in [7, 11) is 0.826. The number of unbranched alkanes of at least 4 members (excludes halogenated alkanes) is 2. The van der Waals surface area contributed by atoms with Crippen LogP contribution < -0.4 is 21.1 Å². The fraction of sp³-hybridized carbons (Fsp3) is 0.158. The van der Waals surface area contributed by atoms with Gasteiger partial charge in [0.15, 0.2) is 7.28 Å². The van der Waals surface area contributed by atoms with Gasteiger partial charge in [-0.15, -0.1) is 11.3 Å². The molecular formula is C57H50BN3S. The minimum absolute atomic E-state index is 0.0234. The van der Waals surface area contributed by atoms with Crippen molar-refractivity contribution < 1.29 is 0 Å². The second-order valence-corrected chi connectivity index (χ2v) is 19.1. The third-order valence-electron chi connectivity index (χ3n) is 13.0. The molecule has 0 saturated heterocycles. The average Bonchev–Trinajstić information content (AvgIpc) is 3.84. The third kappa shape index (κ3) is 6.58. The van der Waals surface area contributed by atoms with E-state index in [1.165, 1.54) is 106 Å². The van der Waals surface area contributed by atoms with Gasteiger partial charge in [-0.3, -0.25) is 0 Å². The summed E-state index contributed by atoms with van der Waals surface area (Å²) < 4.78 is 5.17. The molecule has 0 atom stereocenters. The van der Waals surface area contributed by atoms with Crippen LogP contribution in [0.2, 0.25) is 0 Å². The predicted octanol–water partition coefficient (Wildman–Crippen LogP) is 14.8. The third-order valence-corrected chi connectivity index (χ3v) is 14.1. The molecule has 8 aromatic carbocycles. The summed E-state index contributed by atoms with van der Waals surface area (Å²) in [4.78, 5) is 2.47. The number of aromatic nitrogens is 1. The first-order chi connectivity index (χ1) is 30.3. The lowest BCUT2D eigenvalue weighted by atomic mass is 9.58. The summed E-state index contributed by atoms with van der Waals surface area (Å²) in [6, 6.07) is 63.5. The number of thiophene rings is 1. The number of hydrogen-bond acceptors (Lipinski definition) is 3. The average molecular weight is 820 g/mol. The van der Waals surface area contributed by atoms with Gasteiger partial charge in [-0.2, -0.15) is 0 Å². The van der Waals surface area contributed by atoms with E-state index in [1.807, 2.05) is 11.3 Å². The summed E-state index contributed by atoms with van der Waals surface area (Å²) in [5.41, 5.74) is 17.4. The van der Waals surface area contributed by atoms with Crippen LogP contribution in [0.4, 0.5) is 28.4 Å². The lowest BCUT2D eigenvalue weighted by molar-refractivity contribution is 0.590. The molecule has 0 amide bonds. The Hall–Kier alpha value is -6.56. The maximum absolute atomic E-state index is 4.01. The fourth-order valence-electron chi connectivity index (χ4n) is 9.82. The van der Waals surface area contributed by atoms with Crippen LogP contribution in [0.5, 0.6) is 0 Å². The molecule has 0 unspecified atom stereocenters. The number of anilines is 5. The maximum Gasteiger partial charge on any atom is 0.198 e. The monoisotopic (exact) mass is 819 g/mol. The van der Waals surface area contributed by atoms with Crippen molar-refractivity contribution in [1.29, 1.82) is 0 Å². The van der Waals surface area contributed by atoms with E-state index in [2.05, 4.69) is 212 Å². The highest BCUT2D eigenvalue weighted by atomic mass is 32.1. The fourth-order valence-corrected chi connectivity index (χ4v) is 11.0. The first-order valence-electron chi connectivity index (χ1n) is 22.3. The van der Waals surface area contributed by atoms with E-state index < -0.39 is 0 Å². The molecule has 62 heavy (non-hydrogen) atoms. The minimum Gasteiger partial charge on any atom is -0.355 e. The Morgan fingerprint density at radius 3 is 2.05 bits per heavy atom. The molecule has 302 valence electrons. The van der Waals surface area contributed by atoms with Gasteiger partial charge in [0, 0.05) is 64.9 Å². The van der Waals surface area contributed by atoms with Gasteiger partial charge >= 0.3 is 0 Å². The van der Waals surface area contributed by atoms with E-state index in [1.54, 1.807) is 0 Å². The summed E-state index contributed by atoms with van der Waals surface area (Å²) >= 11 is 1.88. The number of aryl methyl sites for hydroxylation is 1. The Bertz CT molecular complexity index is 3240. The molecule has 1 N–H and O–H groups in total. The molecule has 0 spiro atoms. The molecule has 0 aliphatic carbocycles. The van der Waals surface area contributed by atoms with E-state index in [0.29, 0.717) is 0 Å². The zero-order chi connectivity index (χ0) is 42.0. The SMILES string of the molecule is CCCCCc1ccc(Nc2cc3sc4ccccc4c3cc2-c2cc(N(c3ccccc3)c3ccccc3)c3c4ccccc4n4c3c2Bc2cc(C(C)(C)C)ccc2-4)cc1.